The Bertz CT molecular complexity index is 85.6. The minimum absolute atomic E-state index is 0. The quantitative estimate of drug-likeness (QED) is 0.593. The maximum atomic E-state index is 10.6. The van der Waals surface area contributed by atoms with Crippen LogP contribution in [0, 0.1) is 0 Å². The van der Waals surface area contributed by atoms with Gasteiger partial charge in [0.2, 0.25) is 0 Å². The van der Waals surface area contributed by atoms with E-state index in [0.717, 1.165) is 0 Å². The summed E-state index contributed by atoms with van der Waals surface area (Å²) in [6.07, 6.45) is 0. The Morgan fingerprint density at radius 2 is 1.50 bits per heavy atom. The normalized spacial score (nSPS) is 8.30. The molecule has 0 aromatic carbocycles. The van der Waals surface area contributed by atoms with Crippen LogP contribution in [-0.2, 0) is 9.09 Å². The first-order valence-electron chi connectivity index (χ1n) is 2.26. The highest BCUT2D eigenvalue weighted by molar-refractivity contribution is 7.57. The molecule has 0 saturated carbocycles. The smallest absolute Gasteiger partial charge is 0.197 e. The van der Waals surface area contributed by atoms with Crippen molar-refractivity contribution in [2.45, 2.75) is 29.2 Å². The molecule has 0 aliphatic heterocycles. The molecule has 0 rings (SSSR count). The molecule has 0 aromatic rings. The van der Waals surface area contributed by atoms with Crippen LogP contribution >= 0.6 is 7.37 Å². The molecule has 0 aliphatic carbocycles. The summed E-state index contributed by atoms with van der Waals surface area (Å²) in [6, 6.07) is 0. The lowest BCUT2D eigenvalue weighted by Gasteiger charge is -2.02. The van der Waals surface area contributed by atoms with Gasteiger partial charge in [0, 0.05) is 13.3 Å². The van der Waals surface area contributed by atoms with Gasteiger partial charge in [-0.2, -0.15) is 0 Å². The average molecular weight is 170 g/mol. The van der Waals surface area contributed by atoms with Crippen LogP contribution in [0.1, 0.15) is 29.2 Å². The van der Waals surface area contributed by atoms with E-state index >= 15 is 0 Å². The first-order valence-corrected chi connectivity index (χ1v) is 4.77. The van der Waals surface area contributed by atoms with Crippen LogP contribution in [0.4, 0.5) is 0 Å². The Labute approximate surface area is 66.4 Å². The average Bonchev–Trinajstić information content (AvgIpc) is 1.30. The molecular weight excluding hydrogens is 147 g/mol. The molecule has 0 N–H and O–H groups in total. The van der Waals surface area contributed by atoms with E-state index in [2.05, 4.69) is 0 Å². The third-order valence-corrected chi connectivity index (χ3v) is 1.32. The minimum Gasteiger partial charge on any atom is -0.329 e. The molecule has 0 aromatic heterocycles. The second-order valence-electron chi connectivity index (χ2n) is 1.67. The van der Waals surface area contributed by atoms with Crippen molar-refractivity contribution in [2.24, 2.45) is 0 Å². The van der Waals surface area contributed by atoms with E-state index in [1.807, 2.05) is 6.92 Å². The Morgan fingerprint density at radius 3 is 1.50 bits per heavy atom. The minimum atomic E-state index is -2.17. The molecule has 0 aliphatic rings. The van der Waals surface area contributed by atoms with E-state index in [1.54, 1.807) is 13.3 Å². The van der Waals surface area contributed by atoms with E-state index in [-0.39, 0.29) is 22.3 Å². The predicted molar refractivity (Wildman–Crippen MR) is 51.3 cm³/mol. The molecule has 0 saturated heterocycles. The monoisotopic (exact) mass is 170 g/mol. The zero-order valence-electron chi connectivity index (χ0n) is 4.97. The van der Waals surface area contributed by atoms with Crippen molar-refractivity contribution >= 4 is 7.37 Å². The molecular formula is C7H23O2P. The summed E-state index contributed by atoms with van der Waals surface area (Å²) in [5.74, 6) is 0. The maximum Gasteiger partial charge on any atom is 0.197 e. The Morgan fingerprint density at radius 1 is 1.20 bits per heavy atom. The van der Waals surface area contributed by atoms with Crippen molar-refractivity contribution in [3.63, 3.8) is 0 Å². The Balaban J connectivity index is -0.0000000600. The summed E-state index contributed by atoms with van der Waals surface area (Å²) in [5, 5.41) is 0. The molecule has 2 nitrogen and oxygen atoms in total. The van der Waals surface area contributed by atoms with E-state index < -0.39 is 7.37 Å². The van der Waals surface area contributed by atoms with Gasteiger partial charge in [0.15, 0.2) is 7.37 Å². The lowest BCUT2D eigenvalue weighted by Crippen LogP contribution is -1.82. The number of hydrogen-bond donors (Lipinski definition) is 0. The van der Waals surface area contributed by atoms with Crippen LogP contribution in [0.25, 0.3) is 0 Å². The van der Waals surface area contributed by atoms with Crippen LogP contribution in [0.2, 0.25) is 0 Å². The third kappa shape index (κ3) is 24.1. The van der Waals surface area contributed by atoms with E-state index in [0.29, 0.717) is 6.61 Å². The summed E-state index contributed by atoms with van der Waals surface area (Å²) in [7, 11) is -2.17. The van der Waals surface area contributed by atoms with E-state index in [1.165, 1.54) is 0 Å². The number of hydrogen-bond acceptors (Lipinski definition) is 2. The maximum absolute atomic E-state index is 10.6. The third-order valence-electron chi connectivity index (χ3n) is 0.440. The standard InChI is InChI=1S/C4H11O2P.3CH4/c1-4-6-7(2,3)5;;;/h4H2,1-3H3;3*1H4. The van der Waals surface area contributed by atoms with E-state index in [4.69, 9.17) is 4.52 Å². The van der Waals surface area contributed by atoms with Crippen molar-refractivity contribution in [1.82, 2.24) is 0 Å². The summed E-state index contributed by atoms with van der Waals surface area (Å²) >= 11 is 0. The second kappa shape index (κ2) is 9.19. The van der Waals surface area contributed by atoms with Crippen molar-refractivity contribution in [3.05, 3.63) is 0 Å². The second-order valence-corrected chi connectivity index (χ2v) is 4.43. The van der Waals surface area contributed by atoms with Gasteiger partial charge in [-0.25, -0.2) is 0 Å². The van der Waals surface area contributed by atoms with Gasteiger partial charge in [-0.3, -0.25) is 4.57 Å². The first-order chi connectivity index (χ1) is 3.06. The molecule has 68 valence electrons. The molecule has 0 fully saturated rings. The zero-order chi connectivity index (χ0) is 5.91. The van der Waals surface area contributed by atoms with Crippen LogP contribution in [0.15, 0.2) is 0 Å². The Hall–Kier alpha value is 0.190. The Kier molecular flexibility index (Phi) is 20.6. The first kappa shape index (κ1) is 22.5. The molecule has 0 atom stereocenters. The molecule has 3 heteroatoms. The summed E-state index contributed by atoms with van der Waals surface area (Å²) in [6.45, 7) is 5.59. The SMILES string of the molecule is C.C.C.CCOP(C)(C)=O. The van der Waals surface area contributed by atoms with Gasteiger partial charge in [0.05, 0.1) is 6.61 Å². The van der Waals surface area contributed by atoms with Gasteiger partial charge in [-0.15, -0.1) is 0 Å². The van der Waals surface area contributed by atoms with Crippen molar-refractivity contribution in [3.8, 4) is 0 Å². The molecule has 10 heavy (non-hydrogen) atoms. The molecule has 0 radical (unpaired) electrons. The van der Waals surface area contributed by atoms with Gasteiger partial charge in [-0.05, 0) is 6.92 Å². The van der Waals surface area contributed by atoms with Crippen LogP contribution in [-0.4, -0.2) is 19.9 Å². The summed E-state index contributed by atoms with van der Waals surface area (Å²) in [4.78, 5) is 0. The van der Waals surface area contributed by atoms with Crippen LogP contribution < -0.4 is 0 Å². The molecule has 0 spiro atoms. The highest BCUT2D eigenvalue weighted by Crippen LogP contribution is 2.36. The topological polar surface area (TPSA) is 26.3 Å². The summed E-state index contributed by atoms with van der Waals surface area (Å²) in [5.41, 5.74) is 0. The highest BCUT2D eigenvalue weighted by Gasteiger charge is 2.02. The predicted octanol–water partition coefficient (Wildman–Crippen LogP) is 3.47. The van der Waals surface area contributed by atoms with Gasteiger partial charge in [0.25, 0.3) is 0 Å². The van der Waals surface area contributed by atoms with Crippen molar-refractivity contribution in [2.75, 3.05) is 19.9 Å². The zero-order valence-corrected chi connectivity index (χ0v) is 5.87. The van der Waals surface area contributed by atoms with Crippen molar-refractivity contribution < 1.29 is 9.09 Å². The molecule has 0 amide bonds. The van der Waals surface area contributed by atoms with Crippen LogP contribution in [0.3, 0.4) is 0 Å². The largest absolute Gasteiger partial charge is 0.329 e. The highest BCUT2D eigenvalue weighted by atomic mass is 31.2. The summed E-state index contributed by atoms with van der Waals surface area (Å²) < 4.78 is 15.4. The van der Waals surface area contributed by atoms with Gasteiger partial charge >= 0.3 is 0 Å². The molecule has 0 heterocycles. The fraction of sp³-hybridized carbons (Fsp3) is 1.00. The van der Waals surface area contributed by atoms with Gasteiger partial charge in [-0.1, -0.05) is 22.3 Å². The van der Waals surface area contributed by atoms with Gasteiger partial charge < -0.3 is 4.52 Å². The van der Waals surface area contributed by atoms with Crippen LogP contribution in [0.5, 0.6) is 0 Å². The number of rotatable bonds is 2. The molecule has 0 bridgehead atoms. The van der Waals surface area contributed by atoms with Gasteiger partial charge in [0.1, 0.15) is 0 Å². The molecule has 0 unspecified atom stereocenters. The van der Waals surface area contributed by atoms with Crippen molar-refractivity contribution in [1.29, 1.82) is 0 Å². The van der Waals surface area contributed by atoms with E-state index in [9.17, 15) is 4.57 Å². The fourth-order valence-electron chi connectivity index (χ4n) is 0.311. The lowest BCUT2D eigenvalue weighted by molar-refractivity contribution is 0.341. The lowest BCUT2D eigenvalue weighted by atomic mass is 10.9. The fourth-order valence-corrected chi connectivity index (χ4v) is 0.933.